The van der Waals surface area contributed by atoms with Gasteiger partial charge in [0.15, 0.2) is 5.82 Å². The third kappa shape index (κ3) is 2.60. The Labute approximate surface area is 72.8 Å². The fourth-order valence-corrected chi connectivity index (χ4v) is 1.39. The minimum atomic E-state index is 0.319. The van der Waals surface area contributed by atoms with Crippen molar-refractivity contribution >= 4 is 0 Å². The van der Waals surface area contributed by atoms with Crippen LogP contribution in [0.1, 0.15) is 45.9 Å². The molecular weight excluding hydrogens is 152 g/mol. The topological polar surface area (TPSA) is 54.5 Å². The van der Waals surface area contributed by atoms with Gasteiger partial charge in [0.1, 0.15) is 0 Å². The Morgan fingerprint density at radius 1 is 1.42 bits per heavy atom. The molecule has 0 spiro atoms. The lowest BCUT2D eigenvalue weighted by molar-refractivity contribution is 0.343. The molecule has 0 aliphatic heterocycles. The maximum Gasteiger partial charge on any atom is 0.177 e. The highest BCUT2D eigenvalue weighted by Gasteiger charge is 2.18. The number of hydrogen-bond acceptors (Lipinski definition) is 3. The van der Waals surface area contributed by atoms with E-state index >= 15 is 0 Å². The van der Waals surface area contributed by atoms with Crippen LogP contribution in [0.3, 0.4) is 0 Å². The van der Waals surface area contributed by atoms with E-state index in [0.717, 1.165) is 12.2 Å². The zero-order valence-electron chi connectivity index (χ0n) is 8.13. The summed E-state index contributed by atoms with van der Waals surface area (Å²) in [7, 11) is 0. The molecule has 4 nitrogen and oxygen atoms in total. The molecule has 0 fully saturated rings. The van der Waals surface area contributed by atoms with Crippen LogP contribution in [0.2, 0.25) is 0 Å². The molecule has 1 heterocycles. The summed E-state index contributed by atoms with van der Waals surface area (Å²) in [6.45, 7) is 8.76. The number of hydrogen-bond donors (Lipinski definition) is 1. The molecule has 1 aromatic heterocycles. The smallest absolute Gasteiger partial charge is 0.177 e. The van der Waals surface area contributed by atoms with Gasteiger partial charge < -0.3 is 0 Å². The van der Waals surface area contributed by atoms with Crippen LogP contribution in [-0.4, -0.2) is 20.6 Å². The lowest BCUT2D eigenvalue weighted by Crippen LogP contribution is -2.10. The number of aromatic nitrogens is 4. The van der Waals surface area contributed by atoms with Crippen LogP contribution in [0.25, 0.3) is 0 Å². The monoisotopic (exact) mass is 168 g/mol. The van der Waals surface area contributed by atoms with Crippen molar-refractivity contribution in [3.05, 3.63) is 5.82 Å². The van der Waals surface area contributed by atoms with E-state index in [0.29, 0.717) is 11.3 Å². The van der Waals surface area contributed by atoms with E-state index in [2.05, 4.69) is 48.3 Å². The lowest BCUT2D eigenvalue weighted by atomic mass is 9.85. The molecule has 0 radical (unpaired) electrons. The molecule has 4 heteroatoms. The SMILES string of the molecule is CC(CC(C)(C)C)c1nn[nH]n1. The predicted molar refractivity (Wildman–Crippen MR) is 46.7 cm³/mol. The van der Waals surface area contributed by atoms with Crippen LogP contribution in [0.5, 0.6) is 0 Å². The lowest BCUT2D eigenvalue weighted by Gasteiger charge is -2.20. The summed E-state index contributed by atoms with van der Waals surface area (Å²) in [4.78, 5) is 0. The molecule has 0 saturated heterocycles. The molecular formula is C8H16N4. The molecule has 0 aromatic carbocycles. The first-order chi connectivity index (χ1) is 5.49. The van der Waals surface area contributed by atoms with E-state index in [1.807, 2.05) is 0 Å². The van der Waals surface area contributed by atoms with E-state index < -0.39 is 0 Å². The Morgan fingerprint density at radius 2 is 2.08 bits per heavy atom. The number of nitrogens with one attached hydrogen (secondary N) is 1. The predicted octanol–water partition coefficient (Wildman–Crippen LogP) is 1.74. The Morgan fingerprint density at radius 3 is 2.50 bits per heavy atom. The van der Waals surface area contributed by atoms with E-state index in [4.69, 9.17) is 0 Å². The molecule has 1 aromatic rings. The second-order valence-electron chi connectivity index (χ2n) is 4.44. The van der Waals surface area contributed by atoms with Crippen LogP contribution >= 0.6 is 0 Å². The standard InChI is InChI=1S/C8H16N4/c1-6(5-8(2,3)4)7-9-11-12-10-7/h6H,5H2,1-4H3,(H,9,10,11,12). The summed E-state index contributed by atoms with van der Waals surface area (Å²) in [5.41, 5.74) is 0.319. The van der Waals surface area contributed by atoms with Gasteiger partial charge in [-0.15, -0.1) is 10.2 Å². The Hall–Kier alpha value is -0.930. The first-order valence-electron chi connectivity index (χ1n) is 4.22. The number of nitrogens with zero attached hydrogens (tertiary/aromatic N) is 3. The van der Waals surface area contributed by atoms with Gasteiger partial charge in [-0.1, -0.05) is 32.9 Å². The zero-order chi connectivity index (χ0) is 9.19. The van der Waals surface area contributed by atoms with Crippen molar-refractivity contribution in [3.8, 4) is 0 Å². The number of H-pyrrole nitrogens is 1. The molecule has 12 heavy (non-hydrogen) atoms. The molecule has 0 saturated carbocycles. The molecule has 0 aliphatic carbocycles. The summed E-state index contributed by atoms with van der Waals surface area (Å²) in [6, 6.07) is 0. The van der Waals surface area contributed by atoms with E-state index in [1.54, 1.807) is 0 Å². The molecule has 0 amide bonds. The maximum absolute atomic E-state index is 3.95. The van der Waals surface area contributed by atoms with Crippen LogP contribution in [0, 0.1) is 5.41 Å². The number of tetrazole rings is 1. The first-order valence-corrected chi connectivity index (χ1v) is 4.22. The van der Waals surface area contributed by atoms with Gasteiger partial charge in [-0.3, -0.25) is 0 Å². The van der Waals surface area contributed by atoms with E-state index in [9.17, 15) is 0 Å². The van der Waals surface area contributed by atoms with Gasteiger partial charge in [0.05, 0.1) is 0 Å². The summed E-state index contributed by atoms with van der Waals surface area (Å²) < 4.78 is 0. The fraction of sp³-hybridized carbons (Fsp3) is 0.875. The van der Waals surface area contributed by atoms with Crippen molar-refractivity contribution in [1.29, 1.82) is 0 Å². The molecule has 1 rings (SSSR count). The van der Waals surface area contributed by atoms with Gasteiger partial charge in [0.25, 0.3) is 0 Å². The third-order valence-corrected chi connectivity index (χ3v) is 1.72. The number of aromatic amines is 1. The average molecular weight is 168 g/mol. The second-order valence-corrected chi connectivity index (χ2v) is 4.44. The van der Waals surface area contributed by atoms with Gasteiger partial charge in [-0.25, -0.2) is 0 Å². The molecule has 1 atom stereocenters. The van der Waals surface area contributed by atoms with Crippen LogP contribution < -0.4 is 0 Å². The van der Waals surface area contributed by atoms with Crippen molar-refractivity contribution in [2.75, 3.05) is 0 Å². The van der Waals surface area contributed by atoms with Crippen LogP contribution in [0.4, 0.5) is 0 Å². The van der Waals surface area contributed by atoms with Crippen molar-refractivity contribution in [1.82, 2.24) is 20.6 Å². The third-order valence-electron chi connectivity index (χ3n) is 1.72. The molecule has 0 bridgehead atoms. The van der Waals surface area contributed by atoms with E-state index in [1.165, 1.54) is 0 Å². The minimum absolute atomic E-state index is 0.319. The van der Waals surface area contributed by atoms with Crippen LogP contribution in [0.15, 0.2) is 0 Å². The van der Waals surface area contributed by atoms with Gasteiger partial charge in [-0.05, 0) is 11.8 Å². The normalized spacial score (nSPS) is 14.7. The molecule has 1 N–H and O–H groups in total. The summed E-state index contributed by atoms with van der Waals surface area (Å²) in [5, 5.41) is 13.9. The van der Waals surface area contributed by atoms with Crippen molar-refractivity contribution in [3.63, 3.8) is 0 Å². The van der Waals surface area contributed by atoms with Gasteiger partial charge in [-0.2, -0.15) is 5.21 Å². The van der Waals surface area contributed by atoms with Crippen molar-refractivity contribution in [2.24, 2.45) is 5.41 Å². The van der Waals surface area contributed by atoms with Crippen LogP contribution in [-0.2, 0) is 0 Å². The summed E-state index contributed by atoms with van der Waals surface area (Å²) in [5.74, 6) is 1.19. The fourth-order valence-electron chi connectivity index (χ4n) is 1.39. The largest absolute Gasteiger partial charge is 0.177 e. The highest BCUT2D eigenvalue weighted by Crippen LogP contribution is 2.28. The van der Waals surface area contributed by atoms with Crippen molar-refractivity contribution < 1.29 is 0 Å². The summed E-state index contributed by atoms with van der Waals surface area (Å²) in [6.07, 6.45) is 1.08. The van der Waals surface area contributed by atoms with Gasteiger partial charge in [0.2, 0.25) is 0 Å². The molecule has 1 unspecified atom stereocenters. The van der Waals surface area contributed by atoms with E-state index in [-0.39, 0.29) is 0 Å². The Kier molecular flexibility index (Phi) is 2.45. The highest BCUT2D eigenvalue weighted by atomic mass is 15.5. The summed E-state index contributed by atoms with van der Waals surface area (Å²) >= 11 is 0. The Balaban J connectivity index is 2.56. The highest BCUT2D eigenvalue weighted by molar-refractivity contribution is 4.89. The Bertz CT molecular complexity index is 222. The number of rotatable bonds is 2. The molecule has 0 aliphatic rings. The zero-order valence-corrected chi connectivity index (χ0v) is 8.13. The van der Waals surface area contributed by atoms with Gasteiger partial charge >= 0.3 is 0 Å². The van der Waals surface area contributed by atoms with Gasteiger partial charge in [0, 0.05) is 5.92 Å². The average Bonchev–Trinajstić information content (AvgIpc) is 2.32. The second kappa shape index (κ2) is 3.21. The quantitative estimate of drug-likeness (QED) is 0.731. The van der Waals surface area contributed by atoms with Crippen molar-refractivity contribution in [2.45, 2.75) is 40.0 Å². The first kappa shape index (κ1) is 9.16. The molecule has 68 valence electrons. The maximum atomic E-state index is 3.95. The minimum Gasteiger partial charge on any atom is -0.177 e.